The largest absolute Gasteiger partial charge is 0.493 e. The number of likely N-dealkylation sites (N-methyl/N-ethyl adjacent to an activating group) is 1. The lowest BCUT2D eigenvalue weighted by Crippen LogP contribution is -2.31. The van der Waals surface area contributed by atoms with Gasteiger partial charge in [-0.25, -0.2) is 4.79 Å². The van der Waals surface area contributed by atoms with Crippen molar-refractivity contribution in [3.63, 3.8) is 0 Å². The minimum absolute atomic E-state index is 0.274. The minimum atomic E-state index is -0.589. The number of methoxy groups -OCH3 is 1. The van der Waals surface area contributed by atoms with Crippen LogP contribution in [0.2, 0.25) is 0 Å². The van der Waals surface area contributed by atoms with E-state index in [0.29, 0.717) is 30.2 Å². The Morgan fingerprint density at radius 1 is 1.07 bits per heavy atom. The molecule has 0 N–H and O–H groups in total. The molecular formula is C21H25NO5. The second-order valence-electron chi connectivity index (χ2n) is 6.05. The van der Waals surface area contributed by atoms with E-state index < -0.39 is 5.97 Å². The molecule has 0 fully saturated rings. The predicted molar refractivity (Wildman–Crippen MR) is 102 cm³/mol. The average molecular weight is 371 g/mol. The number of hydrogen-bond acceptors (Lipinski definition) is 5. The van der Waals surface area contributed by atoms with Crippen LogP contribution in [0, 0.1) is 6.92 Å². The molecule has 0 unspecified atom stereocenters. The molecule has 0 aromatic heterocycles. The van der Waals surface area contributed by atoms with Crippen LogP contribution < -0.4 is 9.47 Å². The molecule has 0 aliphatic heterocycles. The van der Waals surface area contributed by atoms with E-state index in [0.717, 1.165) is 11.1 Å². The van der Waals surface area contributed by atoms with Crippen LogP contribution in [-0.4, -0.2) is 44.1 Å². The first-order chi connectivity index (χ1) is 13.0. The van der Waals surface area contributed by atoms with Gasteiger partial charge in [-0.1, -0.05) is 24.3 Å². The molecule has 0 spiro atoms. The quantitative estimate of drug-likeness (QED) is 0.667. The Bertz CT molecular complexity index is 803. The highest BCUT2D eigenvalue weighted by Gasteiger charge is 2.16. The van der Waals surface area contributed by atoms with E-state index in [1.165, 1.54) is 18.1 Å². The number of aryl methyl sites for hydroxylation is 1. The summed E-state index contributed by atoms with van der Waals surface area (Å²) in [5.74, 6) is 0.124. The molecule has 0 heterocycles. The third-order valence-corrected chi connectivity index (χ3v) is 4.12. The number of rotatable bonds is 8. The van der Waals surface area contributed by atoms with Gasteiger partial charge in [-0.15, -0.1) is 0 Å². The second kappa shape index (κ2) is 9.62. The predicted octanol–water partition coefficient (Wildman–Crippen LogP) is 3.22. The molecule has 2 aromatic rings. The third-order valence-electron chi connectivity index (χ3n) is 4.12. The number of hydrogen-bond donors (Lipinski definition) is 0. The second-order valence-corrected chi connectivity index (χ2v) is 6.05. The monoisotopic (exact) mass is 371 g/mol. The van der Waals surface area contributed by atoms with Gasteiger partial charge in [0.15, 0.2) is 18.1 Å². The standard InChI is InChI=1S/C21H25NO5/c1-5-26-18-11-10-16(12-19(18)25-4)21(24)27-14-20(23)22(3)13-17-9-7-6-8-15(17)2/h6-12H,5,13-14H2,1-4H3. The maximum absolute atomic E-state index is 12.3. The molecule has 1 amide bonds. The molecule has 0 bridgehead atoms. The van der Waals surface area contributed by atoms with E-state index in [1.54, 1.807) is 19.2 Å². The van der Waals surface area contributed by atoms with Gasteiger partial charge < -0.3 is 19.1 Å². The smallest absolute Gasteiger partial charge is 0.338 e. The molecule has 27 heavy (non-hydrogen) atoms. The minimum Gasteiger partial charge on any atom is -0.493 e. The van der Waals surface area contributed by atoms with Crippen molar-refractivity contribution in [2.45, 2.75) is 20.4 Å². The highest BCUT2D eigenvalue weighted by Crippen LogP contribution is 2.28. The number of nitrogens with zero attached hydrogens (tertiary/aromatic N) is 1. The Hall–Kier alpha value is -3.02. The summed E-state index contributed by atoms with van der Waals surface area (Å²) in [5, 5.41) is 0. The normalized spacial score (nSPS) is 10.2. The van der Waals surface area contributed by atoms with Gasteiger partial charge in [-0.05, 0) is 43.2 Å². The molecule has 6 heteroatoms. The fourth-order valence-electron chi connectivity index (χ4n) is 2.52. The number of amides is 1. The van der Waals surface area contributed by atoms with Crippen molar-refractivity contribution in [2.24, 2.45) is 0 Å². The molecule has 144 valence electrons. The van der Waals surface area contributed by atoms with E-state index in [9.17, 15) is 9.59 Å². The summed E-state index contributed by atoms with van der Waals surface area (Å²) in [4.78, 5) is 26.0. The van der Waals surface area contributed by atoms with E-state index in [1.807, 2.05) is 38.1 Å². The van der Waals surface area contributed by atoms with Gasteiger partial charge in [0.05, 0.1) is 19.3 Å². The van der Waals surface area contributed by atoms with Crippen LogP contribution in [0.4, 0.5) is 0 Å². The van der Waals surface area contributed by atoms with Crippen LogP contribution in [0.5, 0.6) is 11.5 Å². The van der Waals surface area contributed by atoms with Crippen molar-refractivity contribution < 1.29 is 23.8 Å². The van der Waals surface area contributed by atoms with E-state index in [-0.39, 0.29) is 12.5 Å². The molecule has 0 aliphatic carbocycles. The van der Waals surface area contributed by atoms with Crippen molar-refractivity contribution in [3.8, 4) is 11.5 Å². The van der Waals surface area contributed by atoms with Gasteiger partial charge in [-0.3, -0.25) is 4.79 Å². The summed E-state index contributed by atoms with van der Waals surface area (Å²) < 4.78 is 15.8. The van der Waals surface area contributed by atoms with E-state index in [2.05, 4.69) is 0 Å². The fraction of sp³-hybridized carbons (Fsp3) is 0.333. The molecule has 0 radical (unpaired) electrons. The van der Waals surface area contributed by atoms with Crippen LogP contribution in [0.15, 0.2) is 42.5 Å². The molecule has 0 aliphatic rings. The van der Waals surface area contributed by atoms with Crippen LogP contribution in [0.25, 0.3) is 0 Å². The van der Waals surface area contributed by atoms with Crippen LogP contribution in [-0.2, 0) is 16.1 Å². The number of esters is 1. The Balaban J connectivity index is 1.94. The van der Waals surface area contributed by atoms with Crippen molar-refractivity contribution >= 4 is 11.9 Å². The Morgan fingerprint density at radius 3 is 2.48 bits per heavy atom. The maximum atomic E-state index is 12.3. The van der Waals surface area contributed by atoms with Crippen molar-refractivity contribution in [1.29, 1.82) is 0 Å². The lowest BCUT2D eigenvalue weighted by Gasteiger charge is -2.18. The summed E-state index contributed by atoms with van der Waals surface area (Å²) in [7, 11) is 3.18. The number of ether oxygens (including phenoxy) is 3. The molecule has 0 atom stereocenters. The lowest BCUT2D eigenvalue weighted by molar-refractivity contribution is -0.133. The van der Waals surface area contributed by atoms with Gasteiger partial charge in [0, 0.05) is 13.6 Å². The third kappa shape index (κ3) is 5.48. The summed E-state index contributed by atoms with van der Waals surface area (Å²) in [6, 6.07) is 12.6. The Kier molecular flexibility index (Phi) is 7.23. The summed E-state index contributed by atoms with van der Waals surface area (Å²) >= 11 is 0. The molecule has 0 saturated heterocycles. The summed E-state index contributed by atoms with van der Waals surface area (Å²) in [6.45, 7) is 4.48. The number of carbonyl (C=O) groups is 2. The van der Waals surface area contributed by atoms with Gasteiger partial charge in [0.1, 0.15) is 0 Å². The maximum Gasteiger partial charge on any atom is 0.338 e. The topological polar surface area (TPSA) is 65.1 Å². The highest BCUT2D eigenvalue weighted by molar-refractivity contribution is 5.92. The molecule has 2 rings (SSSR count). The first-order valence-corrected chi connectivity index (χ1v) is 8.72. The molecular weight excluding hydrogens is 346 g/mol. The van der Waals surface area contributed by atoms with Crippen LogP contribution in [0.3, 0.4) is 0 Å². The van der Waals surface area contributed by atoms with E-state index >= 15 is 0 Å². The zero-order valence-corrected chi connectivity index (χ0v) is 16.2. The van der Waals surface area contributed by atoms with Gasteiger partial charge in [0.25, 0.3) is 5.91 Å². The van der Waals surface area contributed by atoms with Crippen molar-refractivity contribution in [1.82, 2.24) is 4.90 Å². The van der Waals surface area contributed by atoms with Crippen LogP contribution in [0.1, 0.15) is 28.4 Å². The highest BCUT2D eigenvalue weighted by atomic mass is 16.5. The zero-order chi connectivity index (χ0) is 19.8. The Morgan fingerprint density at radius 2 is 1.81 bits per heavy atom. The van der Waals surface area contributed by atoms with Gasteiger partial charge >= 0.3 is 5.97 Å². The van der Waals surface area contributed by atoms with Crippen molar-refractivity contribution in [2.75, 3.05) is 27.4 Å². The summed E-state index contributed by atoms with van der Waals surface area (Å²) in [5.41, 5.74) is 2.45. The zero-order valence-electron chi connectivity index (χ0n) is 16.2. The molecule has 0 saturated carbocycles. The number of benzene rings is 2. The van der Waals surface area contributed by atoms with Gasteiger partial charge in [0.2, 0.25) is 0 Å². The SMILES string of the molecule is CCOc1ccc(C(=O)OCC(=O)N(C)Cc2ccccc2C)cc1OC. The van der Waals surface area contributed by atoms with Crippen molar-refractivity contribution in [3.05, 3.63) is 59.2 Å². The first kappa shape index (κ1) is 20.3. The molecule has 2 aromatic carbocycles. The fourth-order valence-corrected chi connectivity index (χ4v) is 2.52. The van der Waals surface area contributed by atoms with E-state index in [4.69, 9.17) is 14.2 Å². The number of carbonyl (C=O) groups excluding carboxylic acids is 2. The van der Waals surface area contributed by atoms with Crippen LogP contribution >= 0.6 is 0 Å². The Labute approximate surface area is 159 Å². The van der Waals surface area contributed by atoms with Gasteiger partial charge in [-0.2, -0.15) is 0 Å². The average Bonchev–Trinajstić information content (AvgIpc) is 2.68. The lowest BCUT2D eigenvalue weighted by atomic mass is 10.1. The molecule has 6 nitrogen and oxygen atoms in total. The summed E-state index contributed by atoms with van der Waals surface area (Å²) in [6.07, 6.45) is 0. The first-order valence-electron chi connectivity index (χ1n) is 8.72.